The third kappa shape index (κ3) is 4.09. The topological polar surface area (TPSA) is 12.2 Å². The maximum absolute atomic E-state index is 12.7. The van der Waals surface area contributed by atoms with E-state index in [1.165, 1.54) is 12.1 Å². The largest absolute Gasteiger partial charge is 0.470 e. The molecule has 0 unspecified atom stereocenters. The number of halogens is 6. The van der Waals surface area contributed by atoms with E-state index in [1.54, 1.807) is 18.2 Å². The number of alkyl halides is 6. The molecule has 0 fully saturated rings. The third-order valence-electron chi connectivity index (χ3n) is 3.35. The molecule has 25 heavy (non-hydrogen) atoms. The Hall–Kier alpha value is -2.16. The van der Waals surface area contributed by atoms with E-state index in [2.05, 4.69) is 0 Å². The highest BCUT2D eigenvalue weighted by Gasteiger charge is 2.35. The lowest BCUT2D eigenvalue weighted by Gasteiger charge is -2.17. The minimum Gasteiger partial charge on any atom is -0.434 e. The van der Waals surface area contributed by atoms with Crippen LogP contribution in [-0.2, 0) is 6.18 Å². The molecule has 2 nitrogen and oxygen atoms in total. The van der Waals surface area contributed by atoms with Crippen molar-refractivity contribution in [2.24, 2.45) is 0 Å². The molecule has 1 heterocycles. The molecular formula is C16H10F6NOS+. The maximum Gasteiger partial charge on any atom is 0.470 e. The minimum absolute atomic E-state index is 0.0874. The van der Waals surface area contributed by atoms with Crippen molar-refractivity contribution in [3.8, 4) is 16.9 Å². The summed E-state index contributed by atoms with van der Waals surface area (Å²) < 4.78 is 81.8. The van der Waals surface area contributed by atoms with Crippen molar-refractivity contribution in [2.45, 2.75) is 17.2 Å². The van der Waals surface area contributed by atoms with Gasteiger partial charge in [-0.15, -0.1) is 3.98 Å². The summed E-state index contributed by atoms with van der Waals surface area (Å²) in [5, 5.41) is 0. The highest BCUT2D eigenvalue weighted by molar-refractivity contribution is 7.93. The average Bonchev–Trinajstić information content (AvgIpc) is 2.52. The van der Waals surface area contributed by atoms with Crippen molar-refractivity contribution < 1.29 is 35.1 Å². The lowest BCUT2D eigenvalue weighted by Crippen LogP contribution is -2.24. The first kappa shape index (κ1) is 17.7. The second kappa shape index (κ2) is 6.29. The van der Waals surface area contributed by atoms with Gasteiger partial charge in [-0.2, -0.15) is 26.3 Å². The number of hydrogen-bond donors (Lipinski definition) is 0. The summed E-state index contributed by atoms with van der Waals surface area (Å²) in [5.74, 6) is 0.384. The Morgan fingerprint density at radius 3 is 2.24 bits per heavy atom. The van der Waals surface area contributed by atoms with Crippen LogP contribution in [0.1, 0.15) is 5.56 Å². The normalized spacial score (nSPS) is 16.5. The van der Waals surface area contributed by atoms with Crippen LogP contribution in [0.5, 0.6) is 5.75 Å². The Kier molecular flexibility index (Phi) is 4.44. The number of hydrogen-bond acceptors (Lipinski definition) is 2. The Bertz CT molecular complexity index is 811. The smallest absolute Gasteiger partial charge is 0.434 e. The highest BCUT2D eigenvalue weighted by Crippen LogP contribution is 2.42. The third-order valence-corrected chi connectivity index (χ3v) is 4.40. The molecule has 0 spiro atoms. The SMILES string of the molecule is FC(F)(F)C=[N+]1COc2cccc(-c3ccc(C(F)(F)F)cc3)c2S1. The van der Waals surface area contributed by atoms with Gasteiger partial charge in [-0.3, -0.25) is 0 Å². The molecule has 1 aliphatic rings. The lowest BCUT2D eigenvalue weighted by atomic mass is 10.0. The zero-order valence-electron chi connectivity index (χ0n) is 12.4. The van der Waals surface area contributed by atoms with Crippen LogP contribution in [0.15, 0.2) is 47.4 Å². The zero-order chi connectivity index (χ0) is 18.2. The van der Waals surface area contributed by atoms with Gasteiger partial charge < -0.3 is 4.74 Å². The van der Waals surface area contributed by atoms with Crippen molar-refractivity contribution in [2.75, 3.05) is 6.73 Å². The van der Waals surface area contributed by atoms with Crippen LogP contribution in [0, 0.1) is 0 Å². The molecule has 0 bridgehead atoms. The standard InChI is InChI=1S/C16H10F6NOS/c17-15(18,19)8-23-9-24-13-3-1-2-12(14(13)25-23)10-4-6-11(7-5-10)16(20,21)22/h1-8H,9H2/q+1. The molecule has 2 aromatic rings. The van der Waals surface area contributed by atoms with Gasteiger partial charge in [-0.25, -0.2) is 0 Å². The van der Waals surface area contributed by atoms with Crippen LogP contribution in [0.2, 0.25) is 0 Å². The van der Waals surface area contributed by atoms with E-state index in [4.69, 9.17) is 4.74 Å². The van der Waals surface area contributed by atoms with Gasteiger partial charge in [0.05, 0.1) is 5.56 Å². The van der Waals surface area contributed by atoms with Crippen molar-refractivity contribution in [1.29, 1.82) is 0 Å². The summed E-state index contributed by atoms with van der Waals surface area (Å²) in [6.07, 6.45) is -8.87. The number of rotatable bonds is 1. The summed E-state index contributed by atoms with van der Waals surface area (Å²) in [6, 6.07) is 9.29. The van der Waals surface area contributed by atoms with Gasteiger partial charge in [0, 0.05) is 5.56 Å². The van der Waals surface area contributed by atoms with Crippen LogP contribution in [0.3, 0.4) is 0 Å². The fraction of sp³-hybridized carbons (Fsp3) is 0.188. The Morgan fingerprint density at radius 2 is 1.64 bits per heavy atom. The molecule has 3 rings (SSSR count). The first-order valence-corrected chi connectivity index (χ1v) is 7.72. The highest BCUT2D eigenvalue weighted by atomic mass is 32.2. The fourth-order valence-electron chi connectivity index (χ4n) is 2.29. The van der Waals surface area contributed by atoms with E-state index in [0.29, 0.717) is 21.8 Å². The summed E-state index contributed by atoms with van der Waals surface area (Å²) in [6.45, 7) is -0.284. The number of ether oxygens (including phenoxy) is 1. The van der Waals surface area contributed by atoms with Crippen molar-refractivity contribution in [1.82, 2.24) is 0 Å². The van der Waals surface area contributed by atoms with Gasteiger partial charge >= 0.3 is 12.4 Å². The number of nitrogens with zero attached hydrogens (tertiary/aromatic N) is 1. The molecular weight excluding hydrogens is 368 g/mol. The van der Waals surface area contributed by atoms with Crippen LogP contribution >= 0.6 is 11.9 Å². The predicted octanol–water partition coefficient (Wildman–Crippen LogP) is 5.38. The van der Waals surface area contributed by atoms with Crippen LogP contribution in [0.25, 0.3) is 11.1 Å². The fourth-order valence-corrected chi connectivity index (χ4v) is 3.31. The zero-order valence-corrected chi connectivity index (χ0v) is 13.2. The van der Waals surface area contributed by atoms with Crippen molar-refractivity contribution >= 4 is 18.2 Å². The van der Waals surface area contributed by atoms with Gasteiger partial charge in [-0.1, -0.05) is 24.3 Å². The molecule has 0 amide bonds. The average molecular weight is 378 g/mol. The van der Waals surface area contributed by atoms with Crippen molar-refractivity contribution in [3.63, 3.8) is 0 Å². The quantitative estimate of drug-likeness (QED) is 0.376. The van der Waals surface area contributed by atoms with E-state index in [-0.39, 0.29) is 12.9 Å². The van der Waals surface area contributed by atoms with Crippen LogP contribution < -0.4 is 4.74 Å². The summed E-state index contributed by atoms with van der Waals surface area (Å²) in [7, 11) is 0. The van der Waals surface area contributed by atoms with Gasteiger partial charge in [0.25, 0.3) is 12.9 Å². The van der Waals surface area contributed by atoms with Gasteiger partial charge in [-0.05, 0) is 23.8 Å². The van der Waals surface area contributed by atoms with Crippen LogP contribution in [0.4, 0.5) is 26.3 Å². The molecule has 0 saturated heterocycles. The molecule has 0 saturated carbocycles. The molecule has 132 valence electrons. The molecule has 0 aliphatic carbocycles. The van der Waals surface area contributed by atoms with E-state index < -0.39 is 17.9 Å². The van der Waals surface area contributed by atoms with Gasteiger partial charge in [0.1, 0.15) is 10.6 Å². The molecule has 9 heteroatoms. The number of benzene rings is 2. The van der Waals surface area contributed by atoms with Gasteiger partial charge in [0.2, 0.25) is 11.9 Å². The van der Waals surface area contributed by atoms with E-state index >= 15 is 0 Å². The minimum atomic E-state index is -4.50. The molecule has 2 aromatic carbocycles. The Balaban J connectivity index is 1.99. The van der Waals surface area contributed by atoms with Crippen LogP contribution in [-0.4, -0.2) is 23.1 Å². The van der Waals surface area contributed by atoms with E-state index in [1.807, 2.05) is 0 Å². The molecule has 0 atom stereocenters. The summed E-state index contributed by atoms with van der Waals surface area (Å²) in [4.78, 5) is 0.411. The van der Waals surface area contributed by atoms with Crippen molar-refractivity contribution in [3.05, 3.63) is 48.0 Å². The molecule has 0 aromatic heterocycles. The Labute approximate surface area is 142 Å². The predicted molar refractivity (Wildman–Crippen MR) is 80.6 cm³/mol. The summed E-state index contributed by atoms with van der Waals surface area (Å²) >= 11 is 0.826. The monoisotopic (exact) mass is 378 g/mol. The molecule has 0 N–H and O–H groups in total. The molecule has 1 aliphatic heterocycles. The van der Waals surface area contributed by atoms with Gasteiger partial charge in [0.15, 0.2) is 0 Å². The summed E-state index contributed by atoms with van der Waals surface area (Å²) in [5.41, 5.74) is 0.156. The lowest BCUT2D eigenvalue weighted by molar-refractivity contribution is -0.403. The first-order valence-electron chi connectivity index (χ1n) is 6.94. The molecule has 0 radical (unpaired) electrons. The maximum atomic E-state index is 12.7. The second-order valence-electron chi connectivity index (χ2n) is 5.16. The number of fused-ring (bicyclic) bond motifs is 1. The van der Waals surface area contributed by atoms with E-state index in [0.717, 1.165) is 28.1 Å². The first-order chi connectivity index (χ1) is 11.6. The second-order valence-corrected chi connectivity index (χ2v) is 6.22. The van der Waals surface area contributed by atoms with E-state index in [9.17, 15) is 26.3 Å². The Morgan fingerprint density at radius 1 is 0.960 bits per heavy atom.